The fourth-order valence-electron chi connectivity index (χ4n) is 1.49. The summed E-state index contributed by atoms with van der Waals surface area (Å²) in [7, 11) is 0.417. The first-order chi connectivity index (χ1) is 7.15. The highest BCUT2D eigenvalue weighted by atomic mass is 28.2. The SMILES string of the molecule is CCCCc1ccc(C)cc1C.C[SiH2]C. The van der Waals surface area contributed by atoms with Crippen LogP contribution < -0.4 is 0 Å². The van der Waals surface area contributed by atoms with Gasteiger partial charge in [0.15, 0.2) is 0 Å². The molecule has 86 valence electrons. The van der Waals surface area contributed by atoms with E-state index < -0.39 is 0 Å². The van der Waals surface area contributed by atoms with Crippen LogP contribution in [0.3, 0.4) is 0 Å². The third-order valence-electron chi connectivity index (χ3n) is 2.30. The Morgan fingerprint density at radius 1 is 1.13 bits per heavy atom. The zero-order valence-corrected chi connectivity index (χ0v) is 12.5. The van der Waals surface area contributed by atoms with Gasteiger partial charge in [-0.25, -0.2) is 0 Å². The molecule has 0 aliphatic rings. The average Bonchev–Trinajstić information content (AvgIpc) is 2.18. The molecule has 0 aliphatic heterocycles. The molecule has 0 amide bonds. The maximum atomic E-state index is 2.27. The topological polar surface area (TPSA) is 0 Å². The minimum atomic E-state index is 0.417. The van der Waals surface area contributed by atoms with Crippen LogP contribution in [0.2, 0.25) is 13.1 Å². The van der Waals surface area contributed by atoms with Crippen LogP contribution in [-0.4, -0.2) is 9.52 Å². The van der Waals surface area contributed by atoms with Gasteiger partial charge < -0.3 is 0 Å². The summed E-state index contributed by atoms with van der Waals surface area (Å²) in [6.07, 6.45) is 3.83. The van der Waals surface area contributed by atoms with Gasteiger partial charge in [0, 0.05) is 9.52 Å². The van der Waals surface area contributed by atoms with E-state index in [1.54, 1.807) is 0 Å². The molecule has 0 atom stereocenters. The Morgan fingerprint density at radius 2 is 1.73 bits per heavy atom. The van der Waals surface area contributed by atoms with Crippen LogP contribution >= 0.6 is 0 Å². The molecule has 0 saturated carbocycles. The van der Waals surface area contributed by atoms with Crippen LogP contribution in [0.5, 0.6) is 0 Å². The van der Waals surface area contributed by atoms with Crippen LogP contribution in [0.1, 0.15) is 36.5 Å². The molecule has 1 rings (SSSR count). The van der Waals surface area contributed by atoms with Crippen LogP contribution in [0, 0.1) is 13.8 Å². The second kappa shape index (κ2) is 8.72. The van der Waals surface area contributed by atoms with Crippen molar-refractivity contribution in [2.24, 2.45) is 0 Å². The van der Waals surface area contributed by atoms with Crippen LogP contribution in [-0.2, 0) is 6.42 Å². The molecule has 0 heterocycles. The largest absolute Gasteiger partial charge is 0.0750 e. The van der Waals surface area contributed by atoms with E-state index in [1.807, 2.05) is 0 Å². The van der Waals surface area contributed by atoms with Crippen molar-refractivity contribution in [1.82, 2.24) is 0 Å². The minimum absolute atomic E-state index is 0.417. The van der Waals surface area contributed by atoms with E-state index in [4.69, 9.17) is 0 Å². The number of hydrogen-bond acceptors (Lipinski definition) is 0. The number of benzene rings is 1. The standard InChI is InChI=1S/C12H18.C2H8Si/c1-4-5-6-12-8-7-10(2)9-11(12)3;1-3-2/h7-9H,4-6H2,1-3H3;3H2,1-2H3. The zero-order valence-electron chi connectivity index (χ0n) is 11.1. The van der Waals surface area contributed by atoms with Gasteiger partial charge >= 0.3 is 0 Å². The maximum absolute atomic E-state index is 2.27. The predicted octanol–water partition coefficient (Wildman–Crippen LogP) is 3.90. The molecule has 15 heavy (non-hydrogen) atoms. The second-order valence-electron chi connectivity index (χ2n) is 4.24. The lowest BCUT2D eigenvalue weighted by Gasteiger charge is -2.05. The summed E-state index contributed by atoms with van der Waals surface area (Å²) in [6.45, 7) is 11.1. The Bertz CT molecular complexity index is 266. The van der Waals surface area contributed by atoms with E-state index in [2.05, 4.69) is 52.1 Å². The van der Waals surface area contributed by atoms with Gasteiger partial charge in [-0.1, -0.05) is 50.2 Å². The molecule has 0 aliphatic carbocycles. The summed E-state index contributed by atoms with van der Waals surface area (Å²) in [5.41, 5.74) is 4.33. The summed E-state index contributed by atoms with van der Waals surface area (Å²) in [5.74, 6) is 0. The predicted molar refractivity (Wildman–Crippen MR) is 74.8 cm³/mol. The van der Waals surface area contributed by atoms with Gasteiger partial charge in [0.05, 0.1) is 0 Å². The molecule has 0 nitrogen and oxygen atoms in total. The highest BCUT2D eigenvalue weighted by Gasteiger charge is 1.96. The fourth-order valence-corrected chi connectivity index (χ4v) is 1.49. The van der Waals surface area contributed by atoms with Crippen molar-refractivity contribution in [2.75, 3.05) is 0 Å². The minimum Gasteiger partial charge on any atom is -0.0750 e. The van der Waals surface area contributed by atoms with Crippen LogP contribution in [0.15, 0.2) is 18.2 Å². The van der Waals surface area contributed by atoms with Gasteiger partial charge in [-0.2, -0.15) is 0 Å². The third-order valence-corrected chi connectivity index (χ3v) is 2.30. The van der Waals surface area contributed by atoms with E-state index in [0.29, 0.717) is 9.52 Å². The first-order valence-corrected chi connectivity index (χ1v) is 9.04. The van der Waals surface area contributed by atoms with Gasteiger partial charge in [-0.3, -0.25) is 0 Å². The lowest BCUT2D eigenvalue weighted by molar-refractivity contribution is 0.791. The summed E-state index contributed by atoms with van der Waals surface area (Å²) < 4.78 is 0. The molecule has 0 fully saturated rings. The molecular formula is C14H26Si. The molecule has 0 saturated heterocycles. The lowest BCUT2D eigenvalue weighted by atomic mass is 10.0. The molecule has 0 bridgehead atoms. The summed E-state index contributed by atoms with van der Waals surface area (Å²) in [4.78, 5) is 0. The van der Waals surface area contributed by atoms with Crippen molar-refractivity contribution in [3.63, 3.8) is 0 Å². The maximum Gasteiger partial charge on any atom is 0.0135 e. The zero-order chi connectivity index (χ0) is 11.7. The molecule has 1 heteroatoms. The van der Waals surface area contributed by atoms with Crippen LogP contribution in [0.4, 0.5) is 0 Å². The molecule has 1 aromatic carbocycles. The Hall–Kier alpha value is -0.563. The summed E-state index contributed by atoms with van der Waals surface area (Å²) in [6, 6.07) is 6.74. The molecule has 0 radical (unpaired) electrons. The van der Waals surface area contributed by atoms with Crippen molar-refractivity contribution in [2.45, 2.75) is 53.1 Å². The molecule has 0 aromatic heterocycles. The summed E-state index contributed by atoms with van der Waals surface area (Å²) >= 11 is 0. The third kappa shape index (κ3) is 6.51. The van der Waals surface area contributed by atoms with Crippen molar-refractivity contribution >= 4 is 9.52 Å². The van der Waals surface area contributed by atoms with Gasteiger partial charge in [0.2, 0.25) is 0 Å². The monoisotopic (exact) mass is 222 g/mol. The molecular weight excluding hydrogens is 196 g/mol. The first kappa shape index (κ1) is 14.4. The summed E-state index contributed by atoms with van der Waals surface area (Å²) in [5, 5.41) is 0. The highest BCUT2D eigenvalue weighted by Crippen LogP contribution is 2.12. The highest BCUT2D eigenvalue weighted by molar-refractivity contribution is 6.31. The van der Waals surface area contributed by atoms with Crippen molar-refractivity contribution in [1.29, 1.82) is 0 Å². The number of hydrogen-bond donors (Lipinski definition) is 0. The van der Waals surface area contributed by atoms with Gasteiger partial charge in [-0.15, -0.1) is 0 Å². The lowest BCUT2D eigenvalue weighted by Crippen LogP contribution is -1.89. The van der Waals surface area contributed by atoms with E-state index in [0.717, 1.165) is 0 Å². The van der Waals surface area contributed by atoms with E-state index >= 15 is 0 Å². The van der Waals surface area contributed by atoms with Gasteiger partial charge in [0.1, 0.15) is 0 Å². The Labute approximate surface area is 97.9 Å². The van der Waals surface area contributed by atoms with Gasteiger partial charge in [-0.05, 0) is 37.8 Å². The molecule has 0 spiro atoms. The first-order valence-electron chi connectivity index (χ1n) is 6.21. The van der Waals surface area contributed by atoms with Gasteiger partial charge in [0.25, 0.3) is 0 Å². The second-order valence-corrected chi connectivity index (χ2v) is 5.65. The van der Waals surface area contributed by atoms with Crippen molar-refractivity contribution in [3.8, 4) is 0 Å². The Morgan fingerprint density at radius 3 is 2.20 bits per heavy atom. The average molecular weight is 222 g/mol. The Balaban J connectivity index is 0.000000583. The van der Waals surface area contributed by atoms with Crippen molar-refractivity contribution in [3.05, 3.63) is 34.9 Å². The number of rotatable bonds is 3. The normalized spacial score (nSPS) is 9.40. The van der Waals surface area contributed by atoms with E-state index in [-0.39, 0.29) is 0 Å². The quantitative estimate of drug-likeness (QED) is 0.681. The smallest absolute Gasteiger partial charge is 0.0135 e. The number of aryl methyl sites for hydroxylation is 3. The molecule has 0 N–H and O–H groups in total. The van der Waals surface area contributed by atoms with E-state index in [9.17, 15) is 0 Å². The molecule has 1 aromatic rings. The van der Waals surface area contributed by atoms with E-state index in [1.165, 1.54) is 36.0 Å². The molecule has 0 unspecified atom stereocenters. The fraction of sp³-hybridized carbons (Fsp3) is 0.571. The Kier molecular flexibility index (Phi) is 8.39. The van der Waals surface area contributed by atoms with Crippen molar-refractivity contribution < 1.29 is 0 Å². The number of unbranched alkanes of at least 4 members (excludes halogenated alkanes) is 1. The van der Waals surface area contributed by atoms with Crippen LogP contribution in [0.25, 0.3) is 0 Å².